The van der Waals surface area contributed by atoms with Crippen molar-refractivity contribution in [2.75, 3.05) is 17.3 Å². The van der Waals surface area contributed by atoms with E-state index in [1.807, 2.05) is 53.2 Å². The number of ether oxygens (including phenoxy) is 1. The van der Waals surface area contributed by atoms with Crippen molar-refractivity contribution in [3.63, 3.8) is 0 Å². The van der Waals surface area contributed by atoms with E-state index in [0.29, 0.717) is 5.84 Å². The van der Waals surface area contributed by atoms with Crippen LogP contribution in [0.4, 0.5) is 22.9 Å². The second-order valence-electron chi connectivity index (χ2n) is 10.3. The number of aromatic nitrogens is 2. The molecular formula is C34H30N6O. The summed E-state index contributed by atoms with van der Waals surface area (Å²) in [6.45, 7) is 6.27. The van der Waals surface area contributed by atoms with E-state index in [0.717, 1.165) is 62.5 Å². The molecule has 1 atom stereocenters. The van der Waals surface area contributed by atoms with Gasteiger partial charge in [0.15, 0.2) is 17.5 Å². The van der Waals surface area contributed by atoms with E-state index in [4.69, 9.17) is 19.8 Å². The Morgan fingerprint density at radius 1 is 0.829 bits per heavy atom. The molecule has 0 aliphatic carbocycles. The summed E-state index contributed by atoms with van der Waals surface area (Å²) in [4.78, 5) is 12.8. The molecule has 7 heteroatoms. The van der Waals surface area contributed by atoms with Gasteiger partial charge >= 0.3 is 0 Å². The van der Waals surface area contributed by atoms with Crippen molar-refractivity contribution in [3.8, 4) is 11.4 Å². The van der Waals surface area contributed by atoms with E-state index in [9.17, 15) is 0 Å². The molecule has 2 aliphatic rings. The molecule has 4 aromatic carbocycles. The first-order chi connectivity index (χ1) is 20.0. The van der Waals surface area contributed by atoms with Gasteiger partial charge in [-0.3, -0.25) is 0 Å². The highest BCUT2D eigenvalue weighted by Gasteiger charge is 2.42. The first-order valence-electron chi connectivity index (χ1n) is 13.7. The Labute approximate surface area is 239 Å². The van der Waals surface area contributed by atoms with Crippen LogP contribution in [0.3, 0.4) is 0 Å². The van der Waals surface area contributed by atoms with Gasteiger partial charge in [-0.15, -0.1) is 0 Å². The number of hydrogen-bond acceptors (Lipinski definition) is 5. The highest BCUT2D eigenvalue weighted by Crippen LogP contribution is 2.49. The fraction of sp³-hybridized carbons (Fsp3) is 0.147. The van der Waals surface area contributed by atoms with Gasteiger partial charge in [-0.1, -0.05) is 60.7 Å². The van der Waals surface area contributed by atoms with Crippen LogP contribution >= 0.6 is 0 Å². The number of para-hydroxylation sites is 4. The van der Waals surface area contributed by atoms with Crippen molar-refractivity contribution in [1.29, 1.82) is 0 Å². The first kappa shape index (κ1) is 24.8. The molecule has 1 unspecified atom stereocenters. The zero-order valence-electron chi connectivity index (χ0n) is 23.5. The van der Waals surface area contributed by atoms with Gasteiger partial charge in [0.2, 0.25) is 0 Å². The summed E-state index contributed by atoms with van der Waals surface area (Å²) in [7, 11) is 1.72. The highest BCUT2D eigenvalue weighted by molar-refractivity contribution is 6.52. The zero-order chi connectivity index (χ0) is 28.1. The smallest absolute Gasteiger partial charge is 0.179 e. The van der Waals surface area contributed by atoms with Crippen molar-refractivity contribution < 1.29 is 4.74 Å². The monoisotopic (exact) mass is 538 g/mol. The average molecular weight is 539 g/mol. The van der Waals surface area contributed by atoms with Crippen molar-refractivity contribution >= 4 is 34.6 Å². The highest BCUT2D eigenvalue weighted by atomic mass is 16.5. The number of rotatable bonds is 4. The lowest BCUT2D eigenvalue weighted by molar-refractivity contribution is 0.407. The Morgan fingerprint density at radius 3 is 2.41 bits per heavy atom. The lowest BCUT2D eigenvalue weighted by Crippen LogP contribution is -2.48. The van der Waals surface area contributed by atoms with Gasteiger partial charge in [-0.05, 0) is 68.3 Å². The molecule has 7 nitrogen and oxygen atoms in total. The number of aryl methyl sites for hydroxylation is 2. The number of nitrogens with zero attached hydrogens (tertiary/aromatic N) is 5. The predicted octanol–water partition coefficient (Wildman–Crippen LogP) is 7.60. The van der Waals surface area contributed by atoms with Crippen LogP contribution in [0.2, 0.25) is 0 Å². The number of hydrogen-bond donors (Lipinski definition) is 1. The number of aliphatic imine (C=N–C) groups is 2. The molecule has 1 aromatic heterocycles. The lowest BCUT2D eigenvalue weighted by atomic mass is 9.92. The molecule has 0 spiro atoms. The second kappa shape index (κ2) is 9.78. The first-order valence-corrected chi connectivity index (χ1v) is 13.7. The zero-order valence-corrected chi connectivity index (χ0v) is 23.5. The minimum Gasteiger partial charge on any atom is -0.496 e. The van der Waals surface area contributed by atoms with Crippen LogP contribution in [0.1, 0.15) is 34.0 Å². The Balaban J connectivity index is 1.56. The van der Waals surface area contributed by atoms with Crippen LogP contribution in [-0.4, -0.2) is 28.6 Å². The van der Waals surface area contributed by atoms with Crippen LogP contribution in [0.5, 0.6) is 5.75 Å². The summed E-state index contributed by atoms with van der Waals surface area (Å²) < 4.78 is 7.86. The third-order valence-corrected chi connectivity index (χ3v) is 7.92. The summed E-state index contributed by atoms with van der Waals surface area (Å²) in [5.41, 5.74) is 9.13. The number of nitrogens with one attached hydrogen (secondary N) is 1. The molecule has 0 saturated heterocycles. The minimum atomic E-state index is -0.252. The molecule has 0 saturated carbocycles. The predicted molar refractivity (Wildman–Crippen MR) is 166 cm³/mol. The molecule has 0 radical (unpaired) electrons. The van der Waals surface area contributed by atoms with Crippen molar-refractivity contribution in [2.24, 2.45) is 9.98 Å². The molecule has 0 amide bonds. The number of amidine groups is 2. The minimum absolute atomic E-state index is 0.252. The third-order valence-electron chi connectivity index (χ3n) is 7.92. The molecule has 1 N–H and O–H groups in total. The largest absolute Gasteiger partial charge is 0.496 e. The molecule has 0 fully saturated rings. The average Bonchev–Trinajstić information content (AvgIpc) is 3.34. The van der Waals surface area contributed by atoms with E-state index in [-0.39, 0.29) is 6.04 Å². The normalized spacial score (nSPS) is 16.4. The summed E-state index contributed by atoms with van der Waals surface area (Å²) in [6.07, 6.45) is 0. The van der Waals surface area contributed by atoms with E-state index < -0.39 is 0 Å². The van der Waals surface area contributed by atoms with Crippen LogP contribution in [0, 0.1) is 20.8 Å². The molecule has 3 heterocycles. The molecule has 202 valence electrons. The van der Waals surface area contributed by atoms with Crippen LogP contribution in [0.25, 0.3) is 5.69 Å². The fourth-order valence-electron chi connectivity index (χ4n) is 5.74. The molecule has 41 heavy (non-hydrogen) atoms. The van der Waals surface area contributed by atoms with Gasteiger partial charge in [0, 0.05) is 11.1 Å². The molecular weight excluding hydrogens is 508 g/mol. The second-order valence-corrected chi connectivity index (χ2v) is 10.3. The number of fused-ring (bicyclic) bond motifs is 4. The van der Waals surface area contributed by atoms with E-state index in [1.165, 1.54) is 5.56 Å². The van der Waals surface area contributed by atoms with Gasteiger partial charge in [-0.2, -0.15) is 5.10 Å². The summed E-state index contributed by atoms with van der Waals surface area (Å²) in [6, 6.07) is 32.6. The topological polar surface area (TPSA) is 67.0 Å². The van der Waals surface area contributed by atoms with Crippen molar-refractivity contribution in [2.45, 2.75) is 26.8 Å². The van der Waals surface area contributed by atoms with Gasteiger partial charge in [-0.25, -0.2) is 14.7 Å². The lowest BCUT2D eigenvalue weighted by Gasteiger charge is -2.42. The van der Waals surface area contributed by atoms with Crippen molar-refractivity contribution in [1.82, 2.24) is 9.78 Å². The van der Waals surface area contributed by atoms with Crippen LogP contribution in [-0.2, 0) is 0 Å². The van der Waals surface area contributed by atoms with E-state index >= 15 is 0 Å². The molecule has 2 aliphatic heterocycles. The van der Waals surface area contributed by atoms with Gasteiger partial charge in [0.1, 0.15) is 5.75 Å². The van der Waals surface area contributed by atoms with E-state index in [1.54, 1.807) is 7.11 Å². The fourth-order valence-corrected chi connectivity index (χ4v) is 5.74. The van der Waals surface area contributed by atoms with Gasteiger partial charge < -0.3 is 15.0 Å². The number of methoxy groups -OCH3 is 1. The van der Waals surface area contributed by atoms with Crippen LogP contribution < -0.4 is 15.0 Å². The maximum absolute atomic E-state index is 5.92. The molecule has 5 aromatic rings. The number of benzene rings is 4. The quantitative estimate of drug-likeness (QED) is 0.256. The Morgan fingerprint density at radius 2 is 1.59 bits per heavy atom. The van der Waals surface area contributed by atoms with Gasteiger partial charge in [0.05, 0.1) is 41.6 Å². The van der Waals surface area contributed by atoms with E-state index in [2.05, 4.69) is 79.5 Å². The maximum Gasteiger partial charge on any atom is 0.179 e. The van der Waals surface area contributed by atoms with Crippen LogP contribution in [0.15, 0.2) is 107 Å². The Bertz CT molecular complexity index is 1850. The maximum atomic E-state index is 5.92. The van der Waals surface area contributed by atoms with Gasteiger partial charge in [0.25, 0.3) is 0 Å². The third kappa shape index (κ3) is 4.00. The summed E-state index contributed by atoms with van der Waals surface area (Å²) in [5.74, 6) is 3.00. The standard InChI is InChI=1S/C34H30N6O/c1-21-13-12-18-26(22(21)2)35-32-34-37-33-30(23(3)38-40(33)24-14-6-5-7-15-24)31(25-16-8-11-20-29(25)41-4)39(34)28-19-10-9-17-27(28)36-32/h5-20,31H,1-4H3,(H,35,36). The molecule has 7 rings (SSSR count). The SMILES string of the molecule is COc1ccccc1C1c2c(C)nn(-c3ccccc3)c2N=C2C(=Nc3cccc(C)c3C)Nc3ccccc3N21. The summed E-state index contributed by atoms with van der Waals surface area (Å²) in [5, 5.41) is 8.63. The summed E-state index contributed by atoms with van der Waals surface area (Å²) >= 11 is 0. The Kier molecular flexibility index (Phi) is 5.93. The number of anilines is 2. The van der Waals surface area contributed by atoms with Crippen molar-refractivity contribution in [3.05, 3.63) is 125 Å². The Hall–Kier alpha value is -5.17. The molecule has 0 bridgehead atoms.